The minimum atomic E-state index is -5.10. The van der Waals surface area contributed by atoms with E-state index in [4.69, 9.17) is 11.6 Å². The maximum Gasteiger partial charge on any atom is 0.490 e. The summed E-state index contributed by atoms with van der Waals surface area (Å²) in [5.74, 6) is -3.19. The van der Waals surface area contributed by atoms with Gasteiger partial charge in [0.2, 0.25) is 0 Å². The van der Waals surface area contributed by atoms with Gasteiger partial charge < -0.3 is 15.0 Å². The molecule has 2 aromatic carbocycles. The van der Waals surface area contributed by atoms with Gasteiger partial charge in [-0.3, -0.25) is 14.6 Å². The van der Waals surface area contributed by atoms with E-state index in [1.807, 2.05) is 30.3 Å². The smallest absolute Gasteiger partial charge is 0.454 e. The molecule has 0 spiro atoms. The van der Waals surface area contributed by atoms with Crippen LogP contribution in [0.3, 0.4) is 0 Å². The zero-order valence-electron chi connectivity index (χ0n) is 19.9. The molecule has 0 unspecified atom stereocenters. The third-order valence-electron chi connectivity index (χ3n) is 5.94. The molecule has 2 aliphatic heterocycles. The van der Waals surface area contributed by atoms with Gasteiger partial charge in [-0.1, -0.05) is 23.7 Å². The molecule has 2 amide bonds. The minimum absolute atomic E-state index is 0.0879. The van der Waals surface area contributed by atoms with E-state index >= 15 is 0 Å². The Kier molecular flexibility index (Phi) is 7.32. The molecule has 1 saturated heterocycles. The molecule has 8 nitrogen and oxygen atoms in total. The van der Waals surface area contributed by atoms with Crippen molar-refractivity contribution in [1.29, 1.82) is 0 Å². The number of halogens is 4. The van der Waals surface area contributed by atoms with Gasteiger partial charge in [0.15, 0.2) is 5.17 Å². The number of fused-ring (bicyclic) bond motifs is 1. The maximum atomic E-state index is 13.0. The second-order valence-electron chi connectivity index (χ2n) is 8.67. The lowest BCUT2D eigenvalue weighted by molar-refractivity contribution is -0.204. The van der Waals surface area contributed by atoms with E-state index in [1.165, 1.54) is 23.1 Å². The minimum Gasteiger partial charge on any atom is -0.454 e. The molecule has 1 atom stereocenters. The fraction of sp³-hybridized carbons (Fsp3) is 0.192. The fourth-order valence-electron chi connectivity index (χ4n) is 4.08. The van der Waals surface area contributed by atoms with Crippen molar-refractivity contribution in [1.82, 2.24) is 9.88 Å². The summed E-state index contributed by atoms with van der Waals surface area (Å²) in [7, 11) is 0. The van der Waals surface area contributed by atoms with Gasteiger partial charge in [-0.15, -0.1) is 0 Å². The number of likely N-dealkylation sites (tertiary alicyclic amines) is 1. The van der Waals surface area contributed by atoms with Gasteiger partial charge in [0.05, 0.1) is 27.7 Å². The molecule has 200 valence electrons. The number of amides is 2. The molecule has 3 heterocycles. The lowest BCUT2D eigenvalue weighted by Crippen LogP contribution is -2.34. The van der Waals surface area contributed by atoms with Crippen molar-refractivity contribution < 1.29 is 32.3 Å². The van der Waals surface area contributed by atoms with Crippen LogP contribution in [0.1, 0.15) is 22.3 Å². The molecule has 0 bridgehead atoms. The molecule has 1 aromatic heterocycles. The van der Waals surface area contributed by atoms with Crippen LogP contribution in [0.5, 0.6) is 0 Å². The predicted molar refractivity (Wildman–Crippen MR) is 141 cm³/mol. The molecule has 3 aromatic rings. The number of aliphatic imine (C=N–C) groups is 1. The highest BCUT2D eigenvalue weighted by molar-refractivity contribution is 8.18. The van der Waals surface area contributed by atoms with Crippen LogP contribution in [-0.4, -0.2) is 58.2 Å². The van der Waals surface area contributed by atoms with Crippen LogP contribution in [0.25, 0.3) is 17.0 Å². The topological polar surface area (TPSA) is 101 Å². The molecule has 1 fully saturated rings. The largest absolute Gasteiger partial charge is 0.490 e. The lowest BCUT2D eigenvalue weighted by Gasteiger charge is -2.18. The van der Waals surface area contributed by atoms with Crippen molar-refractivity contribution in [2.45, 2.75) is 18.7 Å². The van der Waals surface area contributed by atoms with E-state index in [0.717, 1.165) is 28.2 Å². The number of carbonyl (C=O) groups excluding carboxylic acids is 3. The van der Waals surface area contributed by atoms with E-state index in [2.05, 4.69) is 20.0 Å². The Morgan fingerprint density at radius 2 is 2.00 bits per heavy atom. The molecule has 13 heteroatoms. The Hall–Kier alpha value is -3.90. The number of thioether (sulfide) groups is 1. The molecule has 1 N–H and O–H groups in total. The zero-order chi connectivity index (χ0) is 27.7. The van der Waals surface area contributed by atoms with E-state index < -0.39 is 30.1 Å². The van der Waals surface area contributed by atoms with Crippen molar-refractivity contribution in [3.8, 4) is 0 Å². The number of anilines is 1. The number of amidine groups is 1. The van der Waals surface area contributed by atoms with Crippen LogP contribution in [0, 0.1) is 0 Å². The van der Waals surface area contributed by atoms with Gasteiger partial charge in [-0.2, -0.15) is 18.2 Å². The molecule has 2 aliphatic rings. The Bertz CT molecular complexity index is 1560. The Morgan fingerprint density at radius 1 is 1.18 bits per heavy atom. The van der Waals surface area contributed by atoms with Crippen LogP contribution in [0.4, 0.5) is 18.9 Å². The monoisotopic (exact) mass is 574 g/mol. The van der Waals surface area contributed by atoms with E-state index in [1.54, 1.807) is 12.3 Å². The van der Waals surface area contributed by atoms with Crippen molar-refractivity contribution in [3.05, 3.63) is 75.8 Å². The van der Waals surface area contributed by atoms with E-state index in [0.29, 0.717) is 10.6 Å². The maximum absolute atomic E-state index is 13.0. The summed E-state index contributed by atoms with van der Waals surface area (Å²) in [6.45, 7) is -0.0435. The van der Waals surface area contributed by atoms with Crippen LogP contribution < -0.4 is 5.32 Å². The summed E-state index contributed by atoms with van der Waals surface area (Å²) in [5.41, 5.74) is 2.16. The number of hydrogen-bond acceptors (Lipinski definition) is 7. The highest BCUT2D eigenvalue weighted by Crippen LogP contribution is 2.32. The number of alkyl halides is 3. The van der Waals surface area contributed by atoms with Gasteiger partial charge in [-0.25, -0.2) is 4.79 Å². The summed E-state index contributed by atoms with van der Waals surface area (Å²) in [6, 6.07) is 13.8. The number of esters is 1. The average Bonchev–Trinajstić information content (AvgIpc) is 3.50. The van der Waals surface area contributed by atoms with Crippen molar-refractivity contribution in [2.75, 3.05) is 18.4 Å². The predicted octanol–water partition coefficient (Wildman–Crippen LogP) is 5.29. The Labute approximate surface area is 228 Å². The third-order valence-corrected chi connectivity index (χ3v) is 7.17. The first-order valence-electron chi connectivity index (χ1n) is 11.6. The average molecular weight is 575 g/mol. The van der Waals surface area contributed by atoms with Crippen LogP contribution in [0.15, 0.2) is 64.6 Å². The van der Waals surface area contributed by atoms with Gasteiger partial charge in [0.25, 0.3) is 11.8 Å². The summed E-state index contributed by atoms with van der Waals surface area (Å²) in [4.78, 5) is 46.6. The SMILES string of the molecule is O=C1N=C(Nc2cc(C(=O)N3CC[C@H](OC(=O)C(F)(F)F)C3)ccc2Cl)S/C1=C\c1ccc2ncccc2c1. The molecule has 39 heavy (non-hydrogen) atoms. The number of benzene rings is 2. The highest BCUT2D eigenvalue weighted by Gasteiger charge is 2.43. The summed E-state index contributed by atoms with van der Waals surface area (Å²) < 4.78 is 41.9. The number of nitrogens with zero attached hydrogens (tertiary/aromatic N) is 3. The molecule has 5 rings (SSSR count). The fourth-order valence-corrected chi connectivity index (χ4v) is 5.07. The second kappa shape index (κ2) is 10.7. The van der Waals surface area contributed by atoms with Crippen molar-refractivity contribution in [3.63, 3.8) is 0 Å². The first kappa shape index (κ1) is 26.7. The molecule has 0 aliphatic carbocycles. The summed E-state index contributed by atoms with van der Waals surface area (Å²) in [6.07, 6.45) is -2.64. The second-order valence-corrected chi connectivity index (χ2v) is 10.1. The number of hydrogen-bond donors (Lipinski definition) is 1. The summed E-state index contributed by atoms with van der Waals surface area (Å²) in [5, 5.41) is 4.42. The van der Waals surface area contributed by atoms with Gasteiger partial charge in [0, 0.05) is 30.1 Å². The Balaban J connectivity index is 1.25. The number of pyridine rings is 1. The molecular weight excluding hydrogens is 557 g/mol. The molecule has 0 radical (unpaired) electrons. The zero-order valence-corrected chi connectivity index (χ0v) is 21.4. The molecule has 0 saturated carbocycles. The standard InChI is InChI=1S/C26H18ClF3N4O4S/c27-18-5-4-16(23(36)34-9-7-17(13-34)38-24(37)26(28,29)30)12-20(18)32-25-33-22(35)21(39-25)11-14-3-6-19-15(10-14)2-1-8-31-19/h1-6,8,10-12,17H,7,9,13H2,(H,32,33,35)/b21-11-/t17-/m0/s1. The first-order valence-corrected chi connectivity index (χ1v) is 12.8. The van der Waals surface area contributed by atoms with Gasteiger partial charge in [0.1, 0.15) is 6.10 Å². The van der Waals surface area contributed by atoms with Crippen LogP contribution in [-0.2, 0) is 14.3 Å². The number of aromatic nitrogens is 1. The first-order chi connectivity index (χ1) is 18.6. The molecular formula is C26H18ClF3N4O4S. The lowest BCUT2D eigenvalue weighted by atomic mass is 10.1. The summed E-state index contributed by atoms with van der Waals surface area (Å²) >= 11 is 7.41. The van der Waals surface area contributed by atoms with E-state index in [-0.39, 0.29) is 35.3 Å². The van der Waals surface area contributed by atoms with Crippen LogP contribution in [0.2, 0.25) is 5.02 Å². The third kappa shape index (κ3) is 6.07. The van der Waals surface area contributed by atoms with E-state index in [9.17, 15) is 27.6 Å². The number of carbonyl (C=O) groups is 3. The Morgan fingerprint density at radius 3 is 2.79 bits per heavy atom. The number of rotatable bonds is 4. The van der Waals surface area contributed by atoms with Crippen molar-refractivity contribution in [2.24, 2.45) is 4.99 Å². The number of ether oxygens (including phenoxy) is 1. The normalized spacial score (nSPS) is 18.5. The van der Waals surface area contributed by atoms with Gasteiger partial charge in [-0.05, 0) is 59.8 Å². The highest BCUT2D eigenvalue weighted by atomic mass is 35.5. The van der Waals surface area contributed by atoms with Crippen LogP contribution >= 0.6 is 23.4 Å². The quantitative estimate of drug-likeness (QED) is 0.334. The number of nitrogens with one attached hydrogen (secondary N) is 1. The van der Waals surface area contributed by atoms with Crippen molar-refractivity contribution >= 4 is 69.0 Å². The van der Waals surface area contributed by atoms with Gasteiger partial charge >= 0.3 is 12.1 Å².